The van der Waals surface area contributed by atoms with E-state index in [0.29, 0.717) is 6.42 Å². The summed E-state index contributed by atoms with van der Waals surface area (Å²) in [5.41, 5.74) is 5.61. The second kappa shape index (κ2) is 12.8. The van der Waals surface area contributed by atoms with Crippen LogP contribution in [0.5, 0.6) is 0 Å². The van der Waals surface area contributed by atoms with E-state index in [1.54, 1.807) is 27.7 Å². The van der Waals surface area contributed by atoms with Crippen LogP contribution in [0.15, 0.2) is 0 Å². The van der Waals surface area contributed by atoms with Gasteiger partial charge in [0.1, 0.15) is 24.2 Å². The van der Waals surface area contributed by atoms with Crippen molar-refractivity contribution < 1.29 is 39.3 Å². The number of carbonyl (C=O) groups is 5. The molecular weight excluding hydrogens is 412 g/mol. The molecule has 0 saturated carbocycles. The van der Waals surface area contributed by atoms with E-state index in [0.717, 1.165) is 0 Å². The SMILES string of the molecule is CCC(C)C(NC(=O)C(N)C(C)O)C(=O)NC(C(=O)NC(CC(=O)O)C(=O)O)C(C)C. The molecular formula is C19H34N4O8. The highest BCUT2D eigenvalue weighted by molar-refractivity contribution is 5.95. The molecule has 3 amide bonds. The van der Waals surface area contributed by atoms with Crippen molar-refractivity contribution in [2.75, 3.05) is 0 Å². The smallest absolute Gasteiger partial charge is 0.326 e. The zero-order valence-corrected chi connectivity index (χ0v) is 18.4. The minimum atomic E-state index is -1.67. The maximum absolute atomic E-state index is 12.9. The average Bonchev–Trinajstić information content (AvgIpc) is 2.66. The Kier molecular flexibility index (Phi) is 11.7. The summed E-state index contributed by atoms with van der Waals surface area (Å²) in [5, 5.41) is 34.5. The van der Waals surface area contributed by atoms with Crippen LogP contribution >= 0.6 is 0 Å². The number of hydrogen-bond acceptors (Lipinski definition) is 7. The van der Waals surface area contributed by atoms with Gasteiger partial charge in [-0.3, -0.25) is 19.2 Å². The first-order valence-electron chi connectivity index (χ1n) is 10.0. The molecule has 0 spiro atoms. The number of hydrogen-bond donors (Lipinski definition) is 7. The van der Waals surface area contributed by atoms with E-state index in [2.05, 4.69) is 16.0 Å². The van der Waals surface area contributed by atoms with Gasteiger partial charge in [-0.2, -0.15) is 0 Å². The Morgan fingerprint density at radius 3 is 1.71 bits per heavy atom. The van der Waals surface area contributed by atoms with Crippen molar-refractivity contribution in [3.63, 3.8) is 0 Å². The highest BCUT2D eigenvalue weighted by Crippen LogP contribution is 2.11. The first-order chi connectivity index (χ1) is 14.2. The molecule has 12 heteroatoms. The number of aliphatic carboxylic acids is 2. The normalized spacial score (nSPS) is 16.9. The molecule has 0 aromatic heterocycles. The molecule has 8 N–H and O–H groups in total. The van der Waals surface area contributed by atoms with Crippen LogP contribution in [0, 0.1) is 11.8 Å². The largest absolute Gasteiger partial charge is 0.481 e. The van der Waals surface area contributed by atoms with Gasteiger partial charge < -0.3 is 37.0 Å². The van der Waals surface area contributed by atoms with Gasteiger partial charge in [0.25, 0.3) is 0 Å². The standard InChI is InChI=1S/C19H34N4O8/c1-6-9(4)15(23-16(27)13(20)10(5)24)18(29)22-14(8(2)3)17(28)21-11(19(30)31)7-12(25)26/h8-11,13-15,24H,6-7,20H2,1-5H3,(H,21,28)(H,22,29)(H,23,27)(H,25,26)(H,30,31). The molecule has 0 saturated heterocycles. The van der Waals surface area contributed by atoms with Crippen molar-refractivity contribution in [1.82, 2.24) is 16.0 Å². The first-order valence-corrected chi connectivity index (χ1v) is 10.0. The van der Waals surface area contributed by atoms with Crippen molar-refractivity contribution in [3.8, 4) is 0 Å². The van der Waals surface area contributed by atoms with E-state index in [4.69, 9.17) is 15.9 Å². The number of carboxylic acid groups (broad SMARTS) is 2. The fraction of sp³-hybridized carbons (Fsp3) is 0.737. The summed E-state index contributed by atoms with van der Waals surface area (Å²) < 4.78 is 0. The number of amides is 3. The van der Waals surface area contributed by atoms with Crippen LogP contribution in [-0.2, 0) is 24.0 Å². The third-order valence-corrected chi connectivity index (χ3v) is 4.86. The van der Waals surface area contributed by atoms with E-state index in [1.807, 2.05) is 0 Å². The molecule has 0 fully saturated rings. The van der Waals surface area contributed by atoms with Crippen LogP contribution in [0.4, 0.5) is 0 Å². The van der Waals surface area contributed by atoms with E-state index in [1.165, 1.54) is 6.92 Å². The van der Waals surface area contributed by atoms with Crippen LogP contribution in [0.3, 0.4) is 0 Å². The Morgan fingerprint density at radius 1 is 0.839 bits per heavy atom. The van der Waals surface area contributed by atoms with E-state index in [9.17, 15) is 29.1 Å². The average molecular weight is 447 g/mol. The minimum Gasteiger partial charge on any atom is -0.481 e. The van der Waals surface area contributed by atoms with E-state index in [-0.39, 0.29) is 5.92 Å². The number of rotatable bonds is 13. The Bertz CT molecular complexity index is 667. The van der Waals surface area contributed by atoms with Crippen molar-refractivity contribution >= 4 is 29.7 Å². The highest BCUT2D eigenvalue weighted by Gasteiger charge is 2.34. The van der Waals surface area contributed by atoms with Crippen molar-refractivity contribution in [2.24, 2.45) is 17.6 Å². The van der Waals surface area contributed by atoms with E-state index >= 15 is 0 Å². The van der Waals surface area contributed by atoms with Crippen molar-refractivity contribution in [2.45, 2.75) is 77.7 Å². The van der Waals surface area contributed by atoms with Gasteiger partial charge in [0.15, 0.2) is 0 Å². The van der Waals surface area contributed by atoms with Gasteiger partial charge in [-0.05, 0) is 18.8 Å². The summed E-state index contributed by atoms with van der Waals surface area (Å²) in [6.07, 6.45) is -1.47. The second-order valence-corrected chi connectivity index (χ2v) is 7.87. The van der Waals surface area contributed by atoms with Gasteiger partial charge in [0.05, 0.1) is 12.5 Å². The predicted molar refractivity (Wildman–Crippen MR) is 110 cm³/mol. The first kappa shape index (κ1) is 28.3. The number of aliphatic hydroxyl groups is 1. The number of nitrogens with one attached hydrogen (secondary N) is 3. The molecule has 0 aromatic carbocycles. The molecule has 6 unspecified atom stereocenters. The lowest BCUT2D eigenvalue weighted by atomic mass is 9.96. The molecule has 0 radical (unpaired) electrons. The molecule has 0 aromatic rings. The monoisotopic (exact) mass is 446 g/mol. The Hall–Kier alpha value is -2.73. The Morgan fingerprint density at radius 2 is 1.32 bits per heavy atom. The second-order valence-electron chi connectivity index (χ2n) is 7.87. The third-order valence-electron chi connectivity index (χ3n) is 4.86. The fourth-order valence-corrected chi connectivity index (χ4v) is 2.58. The summed E-state index contributed by atoms with van der Waals surface area (Å²) in [4.78, 5) is 59.7. The van der Waals surface area contributed by atoms with E-state index < -0.39 is 72.3 Å². The van der Waals surface area contributed by atoms with Gasteiger partial charge in [0, 0.05) is 0 Å². The number of nitrogens with two attached hydrogens (primary N) is 1. The highest BCUT2D eigenvalue weighted by atomic mass is 16.4. The topological polar surface area (TPSA) is 208 Å². The number of carbonyl (C=O) groups excluding carboxylic acids is 3. The van der Waals surface area contributed by atoms with Gasteiger partial charge in [-0.1, -0.05) is 34.1 Å². The van der Waals surface area contributed by atoms with Gasteiger partial charge in [-0.15, -0.1) is 0 Å². The number of carboxylic acids is 2. The zero-order chi connectivity index (χ0) is 24.5. The summed E-state index contributed by atoms with van der Waals surface area (Å²) >= 11 is 0. The van der Waals surface area contributed by atoms with Crippen LogP contribution in [0.25, 0.3) is 0 Å². The maximum atomic E-state index is 12.9. The summed E-state index contributed by atoms with van der Waals surface area (Å²) in [7, 11) is 0. The van der Waals surface area contributed by atoms with Crippen LogP contribution in [0.1, 0.15) is 47.5 Å². The summed E-state index contributed by atoms with van der Waals surface area (Å²) in [5.74, 6) is -6.07. The van der Waals surface area contributed by atoms with Gasteiger partial charge in [-0.25, -0.2) is 4.79 Å². The quantitative estimate of drug-likeness (QED) is 0.174. The van der Waals surface area contributed by atoms with Crippen LogP contribution < -0.4 is 21.7 Å². The number of aliphatic hydroxyl groups excluding tert-OH is 1. The molecule has 0 rings (SSSR count). The molecule has 0 heterocycles. The lowest BCUT2D eigenvalue weighted by Gasteiger charge is -2.29. The summed E-state index contributed by atoms with van der Waals surface area (Å²) in [6.45, 7) is 8.05. The lowest BCUT2D eigenvalue weighted by Crippen LogP contribution is -2.60. The summed E-state index contributed by atoms with van der Waals surface area (Å²) in [6, 6.07) is -5.17. The Balaban J connectivity index is 5.51. The van der Waals surface area contributed by atoms with Crippen LogP contribution in [0.2, 0.25) is 0 Å². The molecule has 6 atom stereocenters. The molecule has 31 heavy (non-hydrogen) atoms. The molecule has 12 nitrogen and oxygen atoms in total. The maximum Gasteiger partial charge on any atom is 0.326 e. The molecule has 0 bridgehead atoms. The predicted octanol–water partition coefficient (Wildman–Crippen LogP) is -1.59. The fourth-order valence-electron chi connectivity index (χ4n) is 2.58. The van der Waals surface area contributed by atoms with Gasteiger partial charge in [0.2, 0.25) is 17.7 Å². The molecule has 0 aliphatic rings. The molecule has 178 valence electrons. The molecule has 0 aliphatic heterocycles. The van der Waals surface area contributed by atoms with Gasteiger partial charge >= 0.3 is 11.9 Å². The van der Waals surface area contributed by atoms with Crippen molar-refractivity contribution in [3.05, 3.63) is 0 Å². The zero-order valence-electron chi connectivity index (χ0n) is 18.4. The Labute approximate surface area is 180 Å². The minimum absolute atomic E-state index is 0.347. The molecule has 0 aliphatic carbocycles. The lowest BCUT2D eigenvalue weighted by molar-refractivity contribution is -0.147. The van der Waals surface area contributed by atoms with Crippen LogP contribution in [-0.4, -0.2) is 75.3 Å². The third kappa shape index (κ3) is 9.30. The van der Waals surface area contributed by atoms with Crippen molar-refractivity contribution in [1.29, 1.82) is 0 Å².